The molecular weight excluding hydrogens is 267 g/mol. The van der Waals surface area contributed by atoms with Crippen LogP contribution in [0, 0.1) is 5.82 Å². The Hall–Kier alpha value is -2.14. The SMILES string of the molecule is CCn1nccc1CNCCc1c[nH]c2ccc(F)cc12. The van der Waals surface area contributed by atoms with Crippen LogP contribution in [0.25, 0.3) is 10.9 Å². The molecule has 0 amide bonds. The largest absolute Gasteiger partial charge is 0.361 e. The molecule has 110 valence electrons. The minimum absolute atomic E-state index is 0.192. The van der Waals surface area contributed by atoms with Gasteiger partial charge in [-0.3, -0.25) is 4.68 Å². The van der Waals surface area contributed by atoms with E-state index in [0.717, 1.165) is 42.5 Å². The monoisotopic (exact) mass is 286 g/mol. The molecule has 2 aromatic heterocycles. The molecule has 3 rings (SSSR count). The molecule has 21 heavy (non-hydrogen) atoms. The zero-order valence-electron chi connectivity index (χ0n) is 12.1. The van der Waals surface area contributed by atoms with Gasteiger partial charge in [-0.1, -0.05) is 0 Å². The smallest absolute Gasteiger partial charge is 0.123 e. The van der Waals surface area contributed by atoms with Crippen molar-refractivity contribution in [2.75, 3.05) is 6.54 Å². The fourth-order valence-corrected chi connectivity index (χ4v) is 2.59. The van der Waals surface area contributed by atoms with Gasteiger partial charge in [0.1, 0.15) is 5.82 Å². The van der Waals surface area contributed by atoms with Gasteiger partial charge in [0, 0.05) is 36.4 Å². The molecule has 0 aliphatic carbocycles. The van der Waals surface area contributed by atoms with E-state index in [4.69, 9.17) is 0 Å². The minimum Gasteiger partial charge on any atom is -0.361 e. The van der Waals surface area contributed by atoms with Crippen molar-refractivity contribution in [2.45, 2.75) is 26.4 Å². The zero-order chi connectivity index (χ0) is 14.7. The van der Waals surface area contributed by atoms with Crippen molar-refractivity contribution in [3.8, 4) is 0 Å². The third-order valence-corrected chi connectivity index (χ3v) is 3.71. The van der Waals surface area contributed by atoms with Crippen LogP contribution in [0.15, 0.2) is 36.7 Å². The molecule has 0 fully saturated rings. The summed E-state index contributed by atoms with van der Waals surface area (Å²) in [6, 6.07) is 6.87. The number of fused-ring (bicyclic) bond motifs is 1. The number of hydrogen-bond acceptors (Lipinski definition) is 2. The topological polar surface area (TPSA) is 45.6 Å². The highest BCUT2D eigenvalue weighted by Crippen LogP contribution is 2.19. The normalized spacial score (nSPS) is 11.3. The average molecular weight is 286 g/mol. The number of H-pyrrole nitrogens is 1. The van der Waals surface area contributed by atoms with Crippen molar-refractivity contribution in [3.63, 3.8) is 0 Å². The molecule has 2 heterocycles. The van der Waals surface area contributed by atoms with Crippen LogP contribution in [0.5, 0.6) is 0 Å². The second-order valence-corrected chi connectivity index (χ2v) is 5.07. The molecule has 0 saturated carbocycles. The van der Waals surface area contributed by atoms with E-state index in [0.29, 0.717) is 0 Å². The van der Waals surface area contributed by atoms with E-state index in [1.54, 1.807) is 12.1 Å². The lowest BCUT2D eigenvalue weighted by molar-refractivity contribution is 0.582. The van der Waals surface area contributed by atoms with Gasteiger partial charge < -0.3 is 10.3 Å². The Morgan fingerprint density at radius 1 is 1.33 bits per heavy atom. The van der Waals surface area contributed by atoms with Gasteiger partial charge in [-0.2, -0.15) is 5.10 Å². The van der Waals surface area contributed by atoms with Crippen LogP contribution >= 0.6 is 0 Å². The highest BCUT2D eigenvalue weighted by molar-refractivity contribution is 5.83. The molecule has 0 spiro atoms. The first-order chi connectivity index (χ1) is 10.3. The summed E-state index contributed by atoms with van der Waals surface area (Å²) < 4.78 is 15.3. The van der Waals surface area contributed by atoms with Gasteiger partial charge in [0.2, 0.25) is 0 Å². The van der Waals surface area contributed by atoms with Gasteiger partial charge in [0.05, 0.1) is 5.69 Å². The number of hydrogen-bond donors (Lipinski definition) is 2. The maximum absolute atomic E-state index is 13.3. The summed E-state index contributed by atoms with van der Waals surface area (Å²) in [4.78, 5) is 3.18. The number of aryl methyl sites for hydroxylation is 1. The van der Waals surface area contributed by atoms with Crippen LogP contribution in [-0.2, 0) is 19.5 Å². The van der Waals surface area contributed by atoms with Gasteiger partial charge in [-0.25, -0.2) is 4.39 Å². The lowest BCUT2D eigenvalue weighted by atomic mass is 10.1. The number of aromatic amines is 1. The summed E-state index contributed by atoms with van der Waals surface area (Å²) in [5.41, 5.74) is 3.30. The summed E-state index contributed by atoms with van der Waals surface area (Å²) in [5.74, 6) is -0.192. The quantitative estimate of drug-likeness (QED) is 0.684. The Balaban J connectivity index is 1.58. The molecule has 2 N–H and O–H groups in total. The van der Waals surface area contributed by atoms with Crippen molar-refractivity contribution in [1.82, 2.24) is 20.1 Å². The van der Waals surface area contributed by atoms with Crippen molar-refractivity contribution < 1.29 is 4.39 Å². The highest BCUT2D eigenvalue weighted by Gasteiger charge is 2.05. The molecule has 4 nitrogen and oxygen atoms in total. The molecule has 0 aliphatic rings. The first-order valence-corrected chi connectivity index (χ1v) is 7.25. The molecule has 3 aromatic rings. The fourth-order valence-electron chi connectivity index (χ4n) is 2.59. The molecule has 0 saturated heterocycles. The number of aromatic nitrogens is 3. The Kier molecular flexibility index (Phi) is 4.01. The van der Waals surface area contributed by atoms with Crippen LogP contribution < -0.4 is 5.32 Å². The van der Waals surface area contributed by atoms with E-state index < -0.39 is 0 Å². The van der Waals surface area contributed by atoms with E-state index in [1.165, 1.54) is 11.8 Å². The second-order valence-electron chi connectivity index (χ2n) is 5.07. The molecule has 0 bridgehead atoms. The van der Waals surface area contributed by atoms with Crippen LogP contribution in [-0.4, -0.2) is 21.3 Å². The number of halogens is 1. The van der Waals surface area contributed by atoms with Crippen LogP contribution in [0.1, 0.15) is 18.2 Å². The fraction of sp³-hybridized carbons (Fsp3) is 0.312. The molecule has 0 atom stereocenters. The maximum atomic E-state index is 13.3. The van der Waals surface area contributed by atoms with E-state index in [9.17, 15) is 4.39 Å². The van der Waals surface area contributed by atoms with Crippen molar-refractivity contribution in [1.29, 1.82) is 0 Å². The standard InChI is InChI=1S/C16H19FN4/c1-2-21-14(6-8-20-21)11-18-7-5-12-10-19-16-4-3-13(17)9-15(12)16/h3-4,6,8-10,18-19H,2,5,7,11H2,1H3. The van der Waals surface area contributed by atoms with Crippen LogP contribution in [0.3, 0.4) is 0 Å². The highest BCUT2D eigenvalue weighted by atomic mass is 19.1. The lowest BCUT2D eigenvalue weighted by Crippen LogP contribution is -2.19. The number of nitrogens with zero attached hydrogens (tertiary/aromatic N) is 2. The first-order valence-electron chi connectivity index (χ1n) is 7.25. The summed E-state index contributed by atoms with van der Waals surface area (Å²) in [7, 11) is 0. The van der Waals surface area contributed by atoms with E-state index in [2.05, 4.69) is 22.3 Å². The van der Waals surface area contributed by atoms with E-state index in [-0.39, 0.29) is 5.82 Å². The third-order valence-electron chi connectivity index (χ3n) is 3.71. The summed E-state index contributed by atoms with van der Waals surface area (Å²) in [5, 5.41) is 8.62. The minimum atomic E-state index is -0.192. The number of benzene rings is 1. The first kappa shape index (κ1) is 13.8. The second kappa shape index (κ2) is 6.10. The number of rotatable bonds is 6. The molecule has 0 unspecified atom stereocenters. The Morgan fingerprint density at radius 2 is 2.24 bits per heavy atom. The Labute approximate surface area is 123 Å². The zero-order valence-corrected chi connectivity index (χ0v) is 12.1. The summed E-state index contributed by atoms with van der Waals surface area (Å²) in [6.45, 7) is 4.60. The van der Waals surface area contributed by atoms with Crippen molar-refractivity contribution in [3.05, 3.63) is 53.7 Å². The van der Waals surface area contributed by atoms with E-state index in [1.807, 2.05) is 23.1 Å². The summed E-state index contributed by atoms with van der Waals surface area (Å²) >= 11 is 0. The van der Waals surface area contributed by atoms with Crippen LogP contribution in [0.2, 0.25) is 0 Å². The molecule has 1 aromatic carbocycles. The number of nitrogens with one attached hydrogen (secondary N) is 2. The van der Waals surface area contributed by atoms with Crippen molar-refractivity contribution in [2.24, 2.45) is 0 Å². The Bertz CT molecular complexity index is 729. The summed E-state index contributed by atoms with van der Waals surface area (Å²) in [6.07, 6.45) is 4.65. The molecule has 5 heteroatoms. The molecular formula is C16H19FN4. The average Bonchev–Trinajstić information content (AvgIpc) is 3.10. The maximum Gasteiger partial charge on any atom is 0.123 e. The molecule has 0 radical (unpaired) electrons. The van der Waals surface area contributed by atoms with Gasteiger partial charge in [-0.05, 0) is 49.7 Å². The van der Waals surface area contributed by atoms with Gasteiger partial charge in [0.15, 0.2) is 0 Å². The predicted molar refractivity (Wildman–Crippen MR) is 81.6 cm³/mol. The lowest BCUT2D eigenvalue weighted by Gasteiger charge is -2.06. The van der Waals surface area contributed by atoms with E-state index >= 15 is 0 Å². The molecule has 0 aliphatic heterocycles. The van der Waals surface area contributed by atoms with Gasteiger partial charge in [0.25, 0.3) is 0 Å². The van der Waals surface area contributed by atoms with Gasteiger partial charge in [-0.15, -0.1) is 0 Å². The third kappa shape index (κ3) is 2.97. The van der Waals surface area contributed by atoms with Crippen molar-refractivity contribution >= 4 is 10.9 Å². The Morgan fingerprint density at radius 3 is 3.10 bits per heavy atom. The predicted octanol–water partition coefficient (Wildman–Crippen LogP) is 2.86. The van der Waals surface area contributed by atoms with Crippen LogP contribution in [0.4, 0.5) is 4.39 Å². The van der Waals surface area contributed by atoms with Gasteiger partial charge >= 0.3 is 0 Å².